The number of nitriles is 1. The molecular weight excluding hydrogens is 753 g/mol. The van der Waals surface area contributed by atoms with Crippen molar-refractivity contribution in [2.24, 2.45) is 11.0 Å². The number of carbonyl (C=O) groups excluding carboxylic acids is 2. The van der Waals surface area contributed by atoms with Crippen LogP contribution in [0.1, 0.15) is 40.9 Å². The third-order valence-electron chi connectivity index (χ3n) is 5.29. The largest absolute Gasteiger partial charge is 0.487 e. The third-order valence-corrected chi connectivity index (χ3v) is 7.63. The SMILES string of the molecule is CC(C)C(NC(=O)c1ccc(Cl)c(Cl)c1)C(=O)N/N=C/c1cc(I)c(OCc2ccc(C#N)cc2)c(I)c1. The van der Waals surface area contributed by atoms with Crippen molar-refractivity contribution in [3.8, 4) is 11.8 Å². The van der Waals surface area contributed by atoms with E-state index in [4.69, 9.17) is 33.2 Å². The van der Waals surface area contributed by atoms with Crippen molar-refractivity contribution in [1.29, 1.82) is 5.26 Å². The van der Waals surface area contributed by atoms with Crippen LogP contribution >= 0.6 is 68.4 Å². The second-order valence-electron chi connectivity index (χ2n) is 8.47. The van der Waals surface area contributed by atoms with Crippen LogP contribution in [-0.4, -0.2) is 24.1 Å². The highest BCUT2D eigenvalue weighted by Gasteiger charge is 2.24. The van der Waals surface area contributed by atoms with Gasteiger partial charge in [0.25, 0.3) is 11.8 Å². The quantitative estimate of drug-likeness (QED) is 0.146. The average molecular weight is 775 g/mol. The molecule has 3 rings (SSSR count). The number of amides is 2. The Kier molecular flexibility index (Phi) is 11.2. The number of nitrogens with zero attached hydrogens (tertiary/aromatic N) is 2. The lowest BCUT2D eigenvalue weighted by Gasteiger charge is -2.20. The van der Waals surface area contributed by atoms with Crippen molar-refractivity contribution in [3.05, 3.63) is 94.0 Å². The predicted molar refractivity (Wildman–Crippen MR) is 166 cm³/mol. The minimum Gasteiger partial charge on any atom is -0.487 e. The van der Waals surface area contributed by atoms with E-state index in [2.05, 4.69) is 67.1 Å². The standard InChI is InChI=1S/C27H22Cl2I2N4O3/c1-15(2)24(34-26(36)19-7-8-20(28)21(29)11-19)27(37)35-33-13-18-9-22(30)25(23(31)10-18)38-14-17-5-3-16(12-32)4-6-17/h3-11,13,15,24H,14H2,1-2H3,(H,34,36)(H,35,37)/b33-13+. The molecule has 11 heteroatoms. The van der Waals surface area contributed by atoms with E-state index in [0.717, 1.165) is 24.0 Å². The Hall–Kier alpha value is -2.40. The molecule has 0 saturated heterocycles. The molecule has 0 radical (unpaired) electrons. The average Bonchev–Trinajstić information content (AvgIpc) is 2.88. The molecule has 0 spiro atoms. The molecule has 3 aromatic carbocycles. The molecule has 38 heavy (non-hydrogen) atoms. The number of carbonyl (C=O) groups is 2. The molecule has 0 aliphatic rings. The topological polar surface area (TPSA) is 104 Å². The lowest BCUT2D eigenvalue weighted by Crippen LogP contribution is -2.48. The number of halogens is 4. The van der Waals surface area contributed by atoms with Crippen LogP contribution in [0.15, 0.2) is 59.7 Å². The zero-order valence-corrected chi connectivity index (χ0v) is 26.1. The first-order chi connectivity index (χ1) is 18.1. The van der Waals surface area contributed by atoms with Gasteiger partial charge in [0.2, 0.25) is 0 Å². The van der Waals surface area contributed by atoms with Crippen LogP contribution in [0.2, 0.25) is 10.0 Å². The van der Waals surface area contributed by atoms with Crippen molar-refractivity contribution in [2.75, 3.05) is 0 Å². The summed E-state index contributed by atoms with van der Waals surface area (Å²) >= 11 is 16.3. The maximum absolute atomic E-state index is 12.8. The Morgan fingerprint density at radius 3 is 2.29 bits per heavy atom. The van der Waals surface area contributed by atoms with Gasteiger partial charge < -0.3 is 10.1 Å². The monoisotopic (exact) mass is 774 g/mol. The Balaban J connectivity index is 1.62. The van der Waals surface area contributed by atoms with Crippen LogP contribution < -0.4 is 15.5 Å². The molecule has 0 aliphatic carbocycles. The zero-order chi connectivity index (χ0) is 27.8. The second-order valence-corrected chi connectivity index (χ2v) is 11.6. The highest BCUT2D eigenvalue weighted by molar-refractivity contribution is 14.1. The first kappa shape index (κ1) is 30.1. The molecule has 3 aromatic rings. The molecule has 1 atom stereocenters. The number of benzene rings is 3. The van der Waals surface area contributed by atoms with E-state index < -0.39 is 17.9 Å². The van der Waals surface area contributed by atoms with E-state index >= 15 is 0 Å². The van der Waals surface area contributed by atoms with E-state index in [0.29, 0.717) is 22.8 Å². The van der Waals surface area contributed by atoms with Crippen LogP contribution in [-0.2, 0) is 11.4 Å². The van der Waals surface area contributed by atoms with E-state index in [1.54, 1.807) is 12.1 Å². The summed E-state index contributed by atoms with van der Waals surface area (Å²) in [7, 11) is 0. The van der Waals surface area contributed by atoms with Gasteiger partial charge >= 0.3 is 0 Å². The molecule has 0 heterocycles. The van der Waals surface area contributed by atoms with Gasteiger partial charge in [-0.2, -0.15) is 10.4 Å². The molecule has 196 valence electrons. The number of nitrogens with one attached hydrogen (secondary N) is 2. The third kappa shape index (κ3) is 8.30. The van der Waals surface area contributed by atoms with Crippen LogP contribution in [0, 0.1) is 24.4 Å². The lowest BCUT2D eigenvalue weighted by atomic mass is 10.0. The highest BCUT2D eigenvalue weighted by atomic mass is 127. The van der Waals surface area contributed by atoms with Gasteiger partial charge in [0.1, 0.15) is 18.4 Å². The summed E-state index contributed by atoms with van der Waals surface area (Å²) in [6.07, 6.45) is 1.53. The minimum atomic E-state index is -0.813. The van der Waals surface area contributed by atoms with Crippen LogP contribution in [0.4, 0.5) is 0 Å². The first-order valence-corrected chi connectivity index (χ1v) is 14.2. The number of hydrogen-bond donors (Lipinski definition) is 2. The smallest absolute Gasteiger partial charge is 0.262 e. The summed E-state index contributed by atoms with van der Waals surface area (Å²) in [5.41, 5.74) is 5.13. The summed E-state index contributed by atoms with van der Waals surface area (Å²) in [5.74, 6) is -0.341. The van der Waals surface area contributed by atoms with Gasteiger partial charge in [-0.3, -0.25) is 9.59 Å². The molecule has 7 nitrogen and oxygen atoms in total. The van der Waals surface area contributed by atoms with Gasteiger partial charge in [-0.1, -0.05) is 49.2 Å². The maximum atomic E-state index is 12.8. The second kappa shape index (κ2) is 14.1. The van der Waals surface area contributed by atoms with Gasteiger partial charge in [0, 0.05) is 5.56 Å². The van der Waals surface area contributed by atoms with Crippen LogP contribution in [0.25, 0.3) is 0 Å². The highest BCUT2D eigenvalue weighted by Crippen LogP contribution is 2.29. The maximum Gasteiger partial charge on any atom is 0.262 e. The van der Waals surface area contributed by atoms with E-state index in [9.17, 15) is 9.59 Å². The Bertz CT molecular complexity index is 1380. The summed E-state index contributed by atoms with van der Waals surface area (Å²) < 4.78 is 7.76. The predicted octanol–water partition coefficient (Wildman–Crippen LogP) is 6.56. The van der Waals surface area contributed by atoms with Crippen molar-refractivity contribution < 1.29 is 14.3 Å². The fourth-order valence-electron chi connectivity index (χ4n) is 3.26. The van der Waals surface area contributed by atoms with Gasteiger partial charge in [-0.25, -0.2) is 5.43 Å². The molecular formula is C27H22Cl2I2N4O3. The zero-order valence-electron chi connectivity index (χ0n) is 20.3. The van der Waals surface area contributed by atoms with E-state index in [-0.39, 0.29) is 10.9 Å². The molecule has 1 unspecified atom stereocenters. The summed E-state index contributed by atoms with van der Waals surface area (Å²) in [4.78, 5) is 25.4. The van der Waals surface area contributed by atoms with Gasteiger partial charge in [0.15, 0.2) is 0 Å². The van der Waals surface area contributed by atoms with Crippen LogP contribution in [0.3, 0.4) is 0 Å². The van der Waals surface area contributed by atoms with E-state index in [1.165, 1.54) is 24.4 Å². The van der Waals surface area contributed by atoms with Gasteiger partial charge in [-0.05, 0) is 105 Å². The van der Waals surface area contributed by atoms with Gasteiger partial charge in [-0.15, -0.1) is 0 Å². The molecule has 0 aliphatic heterocycles. The molecule has 0 aromatic heterocycles. The van der Waals surface area contributed by atoms with Crippen molar-refractivity contribution in [2.45, 2.75) is 26.5 Å². The molecule has 0 saturated carbocycles. The number of rotatable bonds is 9. The minimum absolute atomic E-state index is 0.189. The summed E-state index contributed by atoms with van der Waals surface area (Å²) in [6, 6.07) is 16.8. The van der Waals surface area contributed by atoms with E-state index in [1.807, 2.05) is 38.1 Å². The summed E-state index contributed by atoms with van der Waals surface area (Å²) in [5, 5.41) is 16.3. The Morgan fingerprint density at radius 1 is 1.05 bits per heavy atom. The number of ether oxygens (including phenoxy) is 1. The number of hydrogen-bond acceptors (Lipinski definition) is 5. The first-order valence-electron chi connectivity index (χ1n) is 11.3. The Labute approximate surface area is 258 Å². The number of hydrazone groups is 1. The van der Waals surface area contributed by atoms with Crippen molar-refractivity contribution >= 4 is 86.4 Å². The fraction of sp³-hybridized carbons (Fsp3) is 0.185. The van der Waals surface area contributed by atoms with Crippen LogP contribution in [0.5, 0.6) is 5.75 Å². The van der Waals surface area contributed by atoms with Crippen molar-refractivity contribution in [3.63, 3.8) is 0 Å². The summed E-state index contributed by atoms with van der Waals surface area (Å²) in [6.45, 7) is 4.01. The Morgan fingerprint density at radius 2 is 1.71 bits per heavy atom. The normalized spacial score (nSPS) is 11.7. The lowest BCUT2D eigenvalue weighted by molar-refractivity contribution is -0.123. The molecule has 0 fully saturated rings. The molecule has 2 N–H and O–H groups in total. The van der Waals surface area contributed by atoms with Crippen molar-refractivity contribution in [1.82, 2.24) is 10.7 Å². The van der Waals surface area contributed by atoms with Gasteiger partial charge in [0.05, 0.1) is 35.0 Å². The molecule has 0 bridgehead atoms. The fourth-order valence-corrected chi connectivity index (χ4v) is 5.69. The molecule has 2 amide bonds.